The standard InChI is InChI=1S/C16H19N3/c1-18(2)11-5-7-15-13(9-11)14-10-12(19(3)4)6-8-16(14)17-15/h5-10,17H,1-4H3. The lowest BCUT2D eigenvalue weighted by molar-refractivity contribution is 1.13. The third-order valence-electron chi connectivity index (χ3n) is 3.60. The molecule has 0 spiro atoms. The number of hydrogen-bond acceptors (Lipinski definition) is 2. The van der Waals surface area contributed by atoms with Crippen molar-refractivity contribution in [1.29, 1.82) is 0 Å². The number of hydrogen-bond donors (Lipinski definition) is 1. The molecule has 19 heavy (non-hydrogen) atoms. The maximum absolute atomic E-state index is 3.47. The second-order valence-electron chi connectivity index (χ2n) is 5.37. The summed E-state index contributed by atoms with van der Waals surface area (Å²) in [5.41, 5.74) is 4.83. The summed E-state index contributed by atoms with van der Waals surface area (Å²) in [5, 5.41) is 2.56. The molecule has 98 valence electrons. The molecule has 0 aliphatic heterocycles. The van der Waals surface area contributed by atoms with Crippen LogP contribution in [0, 0.1) is 0 Å². The van der Waals surface area contributed by atoms with Crippen molar-refractivity contribution < 1.29 is 0 Å². The lowest BCUT2D eigenvalue weighted by Crippen LogP contribution is -2.08. The van der Waals surface area contributed by atoms with E-state index < -0.39 is 0 Å². The van der Waals surface area contributed by atoms with Crippen LogP contribution in [0.15, 0.2) is 36.4 Å². The quantitative estimate of drug-likeness (QED) is 0.755. The Morgan fingerprint density at radius 1 is 0.684 bits per heavy atom. The number of aromatic nitrogens is 1. The van der Waals surface area contributed by atoms with E-state index in [2.05, 4.69) is 79.4 Å². The van der Waals surface area contributed by atoms with Gasteiger partial charge in [-0.3, -0.25) is 0 Å². The molecule has 1 aromatic heterocycles. The third kappa shape index (κ3) is 1.91. The van der Waals surface area contributed by atoms with Gasteiger partial charge in [0.1, 0.15) is 0 Å². The Bertz CT molecular complexity index is 676. The fraction of sp³-hybridized carbons (Fsp3) is 0.250. The van der Waals surface area contributed by atoms with E-state index in [0.29, 0.717) is 0 Å². The molecule has 0 fully saturated rings. The van der Waals surface area contributed by atoms with Gasteiger partial charge in [-0.25, -0.2) is 0 Å². The van der Waals surface area contributed by atoms with Crippen molar-refractivity contribution in [3.05, 3.63) is 36.4 Å². The third-order valence-corrected chi connectivity index (χ3v) is 3.60. The SMILES string of the molecule is CN(C)c1ccc2[nH]c3ccc(N(C)C)cc3c2c1. The Morgan fingerprint density at radius 2 is 1.11 bits per heavy atom. The summed E-state index contributed by atoms with van der Waals surface area (Å²) in [7, 11) is 8.28. The molecule has 3 heteroatoms. The van der Waals surface area contributed by atoms with Crippen molar-refractivity contribution in [2.75, 3.05) is 38.0 Å². The van der Waals surface area contributed by atoms with E-state index in [-0.39, 0.29) is 0 Å². The monoisotopic (exact) mass is 253 g/mol. The van der Waals surface area contributed by atoms with E-state index in [1.165, 1.54) is 33.2 Å². The molecule has 0 aliphatic rings. The van der Waals surface area contributed by atoms with E-state index in [9.17, 15) is 0 Å². The van der Waals surface area contributed by atoms with E-state index in [4.69, 9.17) is 0 Å². The molecule has 0 aliphatic carbocycles. The molecule has 0 amide bonds. The van der Waals surface area contributed by atoms with Gasteiger partial charge in [0, 0.05) is 61.4 Å². The minimum atomic E-state index is 1.19. The zero-order valence-corrected chi connectivity index (χ0v) is 11.9. The summed E-state index contributed by atoms with van der Waals surface area (Å²) in [4.78, 5) is 7.74. The van der Waals surface area contributed by atoms with Gasteiger partial charge in [-0.1, -0.05) is 0 Å². The number of nitrogens with one attached hydrogen (secondary N) is 1. The first-order valence-corrected chi connectivity index (χ1v) is 6.46. The maximum atomic E-state index is 3.47. The van der Waals surface area contributed by atoms with Crippen molar-refractivity contribution >= 4 is 33.2 Å². The number of anilines is 2. The molecule has 0 saturated carbocycles. The van der Waals surface area contributed by atoms with Crippen LogP contribution >= 0.6 is 0 Å². The first-order valence-electron chi connectivity index (χ1n) is 6.46. The highest BCUT2D eigenvalue weighted by atomic mass is 15.1. The van der Waals surface area contributed by atoms with Crippen molar-refractivity contribution in [2.45, 2.75) is 0 Å². The zero-order valence-electron chi connectivity index (χ0n) is 11.9. The second kappa shape index (κ2) is 4.19. The fourth-order valence-electron chi connectivity index (χ4n) is 2.43. The minimum absolute atomic E-state index is 1.19. The highest BCUT2D eigenvalue weighted by molar-refractivity contribution is 6.09. The number of rotatable bonds is 2. The fourth-order valence-corrected chi connectivity index (χ4v) is 2.43. The molecule has 3 nitrogen and oxygen atoms in total. The number of benzene rings is 2. The lowest BCUT2D eigenvalue weighted by atomic mass is 10.1. The Kier molecular flexibility index (Phi) is 2.63. The molecular weight excluding hydrogens is 234 g/mol. The van der Waals surface area contributed by atoms with Crippen LogP contribution < -0.4 is 9.80 Å². The van der Waals surface area contributed by atoms with Crippen LogP contribution in [-0.2, 0) is 0 Å². The van der Waals surface area contributed by atoms with Crippen LogP contribution in [0.1, 0.15) is 0 Å². The molecule has 0 atom stereocenters. The number of aromatic amines is 1. The van der Waals surface area contributed by atoms with Gasteiger partial charge in [0.15, 0.2) is 0 Å². The predicted molar refractivity (Wildman–Crippen MR) is 84.5 cm³/mol. The predicted octanol–water partition coefficient (Wildman–Crippen LogP) is 3.45. The summed E-state index contributed by atoms with van der Waals surface area (Å²) in [6.07, 6.45) is 0. The van der Waals surface area contributed by atoms with Gasteiger partial charge in [-0.15, -0.1) is 0 Å². The Morgan fingerprint density at radius 3 is 1.47 bits per heavy atom. The van der Waals surface area contributed by atoms with Crippen LogP contribution in [0.5, 0.6) is 0 Å². The van der Waals surface area contributed by atoms with E-state index in [0.717, 1.165) is 0 Å². The number of fused-ring (bicyclic) bond motifs is 3. The first kappa shape index (κ1) is 11.9. The molecule has 1 N–H and O–H groups in total. The van der Waals surface area contributed by atoms with Crippen molar-refractivity contribution in [3.63, 3.8) is 0 Å². The lowest BCUT2D eigenvalue weighted by Gasteiger charge is -2.13. The van der Waals surface area contributed by atoms with Crippen molar-refractivity contribution in [2.24, 2.45) is 0 Å². The zero-order chi connectivity index (χ0) is 13.6. The molecule has 3 aromatic rings. The molecule has 0 radical (unpaired) electrons. The average Bonchev–Trinajstić information content (AvgIpc) is 2.75. The van der Waals surface area contributed by atoms with E-state index in [1.807, 2.05) is 0 Å². The van der Waals surface area contributed by atoms with Gasteiger partial charge in [0.25, 0.3) is 0 Å². The van der Waals surface area contributed by atoms with Gasteiger partial charge in [0.05, 0.1) is 0 Å². The van der Waals surface area contributed by atoms with Gasteiger partial charge in [-0.2, -0.15) is 0 Å². The molecule has 0 bridgehead atoms. The number of H-pyrrole nitrogens is 1. The van der Waals surface area contributed by atoms with Gasteiger partial charge in [-0.05, 0) is 36.4 Å². The summed E-state index contributed by atoms with van der Waals surface area (Å²) >= 11 is 0. The second-order valence-corrected chi connectivity index (χ2v) is 5.37. The topological polar surface area (TPSA) is 22.3 Å². The van der Waals surface area contributed by atoms with Crippen molar-refractivity contribution in [1.82, 2.24) is 4.98 Å². The summed E-state index contributed by atoms with van der Waals surface area (Å²) in [5.74, 6) is 0. The molecular formula is C16H19N3. The van der Waals surface area contributed by atoms with Crippen LogP contribution in [0.2, 0.25) is 0 Å². The molecule has 0 unspecified atom stereocenters. The Balaban J connectivity index is 2.31. The van der Waals surface area contributed by atoms with Crippen LogP contribution in [0.4, 0.5) is 11.4 Å². The van der Waals surface area contributed by atoms with Crippen LogP contribution in [0.25, 0.3) is 21.8 Å². The van der Waals surface area contributed by atoms with E-state index in [1.54, 1.807) is 0 Å². The van der Waals surface area contributed by atoms with Crippen LogP contribution in [0.3, 0.4) is 0 Å². The van der Waals surface area contributed by atoms with Gasteiger partial charge in [0.2, 0.25) is 0 Å². The molecule has 3 rings (SSSR count). The Hall–Kier alpha value is -2.16. The van der Waals surface area contributed by atoms with Crippen molar-refractivity contribution in [3.8, 4) is 0 Å². The summed E-state index contributed by atoms with van der Waals surface area (Å²) < 4.78 is 0. The first-order chi connectivity index (χ1) is 9.06. The largest absolute Gasteiger partial charge is 0.378 e. The van der Waals surface area contributed by atoms with Crippen LogP contribution in [-0.4, -0.2) is 33.2 Å². The maximum Gasteiger partial charge on any atom is 0.0466 e. The Labute approximate surface area is 113 Å². The molecule has 0 saturated heterocycles. The minimum Gasteiger partial charge on any atom is -0.378 e. The normalized spacial score (nSPS) is 11.2. The molecule has 1 heterocycles. The van der Waals surface area contributed by atoms with Gasteiger partial charge < -0.3 is 14.8 Å². The van der Waals surface area contributed by atoms with Gasteiger partial charge >= 0.3 is 0 Å². The summed E-state index contributed by atoms with van der Waals surface area (Å²) in [6.45, 7) is 0. The highest BCUT2D eigenvalue weighted by Crippen LogP contribution is 2.31. The van der Waals surface area contributed by atoms with E-state index >= 15 is 0 Å². The molecule has 2 aromatic carbocycles. The average molecular weight is 253 g/mol. The summed E-state index contributed by atoms with van der Waals surface area (Å²) in [6, 6.07) is 13.1. The highest BCUT2D eigenvalue weighted by Gasteiger charge is 2.07. The smallest absolute Gasteiger partial charge is 0.0466 e. The number of nitrogens with zero attached hydrogens (tertiary/aromatic N) is 2.